The standard InChI is InChI=1S/C18H21ClN2O2S/c19-14-10-12-15(13-11-14)20-17-8-4-5-9-18(17)21-24(22,23)16-6-2-1-3-7-16/h1-3,6-7,10-13,17-18,20-21H,4-5,8-9H2/t17-,18-/m1/s1. The van der Waals surface area contributed by atoms with Gasteiger partial charge in [0.2, 0.25) is 10.0 Å². The number of hydrogen-bond acceptors (Lipinski definition) is 3. The van der Waals surface area contributed by atoms with Gasteiger partial charge in [0.15, 0.2) is 0 Å². The van der Waals surface area contributed by atoms with Gasteiger partial charge in [0.25, 0.3) is 0 Å². The predicted molar refractivity (Wildman–Crippen MR) is 97.9 cm³/mol. The van der Waals surface area contributed by atoms with Gasteiger partial charge in [0.05, 0.1) is 4.90 Å². The van der Waals surface area contributed by atoms with Gasteiger partial charge in [-0.1, -0.05) is 42.6 Å². The van der Waals surface area contributed by atoms with Crippen LogP contribution in [-0.2, 0) is 10.0 Å². The number of hydrogen-bond donors (Lipinski definition) is 2. The monoisotopic (exact) mass is 364 g/mol. The van der Waals surface area contributed by atoms with E-state index >= 15 is 0 Å². The molecule has 128 valence electrons. The Labute approximate surface area is 148 Å². The summed E-state index contributed by atoms with van der Waals surface area (Å²) in [6, 6.07) is 15.9. The average molecular weight is 365 g/mol. The third-order valence-electron chi connectivity index (χ3n) is 4.32. The van der Waals surface area contributed by atoms with Gasteiger partial charge in [-0.25, -0.2) is 13.1 Å². The van der Waals surface area contributed by atoms with E-state index in [4.69, 9.17) is 11.6 Å². The fraction of sp³-hybridized carbons (Fsp3) is 0.333. The van der Waals surface area contributed by atoms with E-state index < -0.39 is 10.0 Å². The summed E-state index contributed by atoms with van der Waals surface area (Å²) in [5, 5.41) is 4.13. The van der Waals surface area contributed by atoms with Crippen molar-refractivity contribution in [1.82, 2.24) is 4.72 Å². The molecule has 2 aromatic carbocycles. The second-order valence-corrected chi connectivity index (χ2v) is 8.23. The zero-order valence-electron chi connectivity index (χ0n) is 13.3. The molecule has 0 unspecified atom stereocenters. The van der Waals surface area contributed by atoms with Crippen LogP contribution in [0.3, 0.4) is 0 Å². The van der Waals surface area contributed by atoms with Gasteiger partial charge in [-0.15, -0.1) is 0 Å². The maximum atomic E-state index is 12.6. The molecule has 1 fully saturated rings. The summed E-state index contributed by atoms with van der Waals surface area (Å²) >= 11 is 5.92. The highest BCUT2D eigenvalue weighted by Crippen LogP contribution is 2.24. The molecule has 2 atom stereocenters. The molecule has 1 aliphatic carbocycles. The van der Waals surface area contributed by atoms with E-state index in [0.29, 0.717) is 9.92 Å². The highest BCUT2D eigenvalue weighted by molar-refractivity contribution is 7.89. The van der Waals surface area contributed by atoms with Crippen molar-refractivity contribution in [3.63, 3.8) is 0 Å². The molecule has 1 aliphatic rings. The molecule has 24 heavy (non-hydrogen) atoms. The van der Waals surface area contributed by atoms with Crippen molar-refractivity contribution in [3.8, 4) is 0 Å². The molecule has 0 saturated heterocycles. The van der Waals surface area contributed by atoms with Gasteiger partial charge < -0.3 is 5.32 Å². The summed E-state index contributed by atoms with van der Waals surface area (Å²) < 4.78 is 28.1. The van der Waals surface area contributed by atoms with Gasteiger partial charge in [-0.3, -0.25) is 0 Å². The average Bonchev–Trinajstić information content (AvgIpc) is 2.59. The van der Waals surface area contributed by atoms with Gasteiger partial charge in [0.1, 0.15) is 0 Å². The van der Waals surface area contributed by atoms with Crippen molar-refractivity contribution in [2.75, 3.05) is 5.32 Å². The van der Waals surface area contributed by atoms with Gasteiger partial charge >= 0.3 is 0 Å². The Hall–Kier alpha value is -1.56. The number of sulfonamides is 1. The Balaban J connectivity index is 1.74. The Kier molecular flexibility index (Phi) is 5.43. The van der Waals surface area contributed by atoms with Crippen molar-refractivity contribution in [3.05, 3.63) is 59.6 Å². The van der Waals surface area contributed by atoms with E-state index in [2.05, 4.69) is 10.0 Å². The fourth-order valence-corrected chi connectivity index (χ4v) is 4.53. The lowest BCUT2D eigenvalue weighted by atomic mass is 9.91. The lowest BCUT2D eigenvalue weighted by Gasteiger charge is -2.33. The van der Waals surface area contributed by atoms with Crippen LogP contribution < -0.4 is 10.0 Å². The predicted octanol–water partition coefficient (Wildman–Crippen LogP) is 4.04. The lowest BCUT2D eigenvalue weighted by Crippen LogP contribution is -2.48. The van der Waals surface area contributed by atoms with Crippen LogP contribution in [0.4, 0.5) is 5.69 Å². The molecule has 6 heteroatoms. The van der Waals surface area contributed by atoms with Crippen molar-refractivity contribution < 1.29 is 8.42 Å². The molecule has 0 bridgehead atoms. The van der Waals surface area contributed by atoms with Crippen LogP contribution in [0.5, 0.6) is 0 Å². The molecule has 0 heterocycles. The molecular formula is C18H21ClN2O2S. The Bertz CT molecular complexity index is 763. The molecule has 0 amide bonds. The number of anilines is 1. The maximum Gasteiger partial charge on any atom is 0.240 e. The Morgan fingerprint density at radius 1 is 0.875 bits per heavy atom. The van der Waals surface area contributed by atoms with E-state index in [-0.39, 0.29) is 12.1 Å². The second kappa shape index (κ2) is 7.55. The summed E-state index contributed by atoms with van der Waals surface area (Å²) in [6.07, 6.45) is 3.89. The van der Waals surface area contributed by atoms with Gasteiger partial charge in [-0.05, 0) is 49.2 Å². The van der Waals surface area contributed by atoms with Crippen molar-refractivity contribution >= 4 is 27.3 Å². The van der Waals surface area contributed by atoms with Gasteiger partial charge in [0, 0.05) is 22.8 Å². The first kappa shape index (κ1) is 17.3. The van der Waals surface area contributed by atoms with E-state index in [1.165, 1.54) is 0 Å². The molecule has 0 spiro atoms. The third kappa shape index (κ3) is 4.29. The van der Waals surface area contributed by atoms with Crippen LogP contribution in [-0.4, -0.2) is 20.5 Å². The summed E-state index contributed by atoms with van der Waals surface area (Å²) in [5.74, 6) is 0. The zero-order chi connectivity index (χ0) is 17.0. The van der Waals surface area contributed by atoms with Crippen LogP contribution in [0.25, 0.3) is 0 Å². The van der Waals surface area contributed by atoms with E-state index in [1.54, 1.807) is 24.3 Å². The topological polar surface area (TPSA) is 58.2 Å². The largest absolute Gasteiger partial charge is 0.381 e. The summed E-state index contributed by atoms with van der Waals surface area (Å²) in [6.45, 7) is 0. The quantitative estimate of drug-likeness (QED) is 0.841. The Morgan fingerprint density at radius 3 is 2.17 bits per heavy atom. The molecule has 2 N–H and O–H groups in total. The van der Waals surface area contributed by atoms with Crippen molar-refractivity contribution in [2.24, 2.45) is 0 Å². The Morgan fingerprint density at radius 2 is 1.50 bits per heavy atom. The number of rotatable bonds is 5. The lowest BCUT2D eigenvalue weighted by molar-refractivity contribution is 0.378. The molecule has 2 aromatic rings. The number of halogens is 1. The minimum atomic E-state index is -3.50. The molecule has 3 rings (SSSR count). The smallest absolute Gasteiger partial charge is 0.240 e. The SMILES string of the molecule is O=S(=O)(N[C@@H]1CCCC[C@H]1Nc1ccc(Cl)cc1)c1ccccc1. The molecular weight excluding hydrogens is 344 g/mol. The molecule has 0 radical (unpaired) electrons. The maximum absolute atomic E-state index is 12.6. The third-order valence-corrected chi connectivity index (χ3v) is 6.08. The molecule has 1 saturated carbocycles. The summed E-state index contributed by atoms with van der Waals surface area (Å²) in [4.78, 5) is 0.306. The van der Waals surface area contributed by atoms with E-state index in [1.807, 2.05) is 30.3 Å². The minimum absolute atomic E-state index is 0.0680. The van der Waals surface area contributed by atoms with E-state index in [0.717, 1.165) is 31.4 Å². The molecule has 4 nitrogen and oxygen atoms in total. The van der Waals surface area contributed by atoms with Crippen LogP contribution in [0, 0.1) is 0 Å². The second-order valence-electron chi connectivity index (χ2n) is 6.08. The van der Waals surface area contributed by atoms with E-state index in [9.17, 15) is 8.42 Å². The first-order chi connectivity index (χ1) is 11.5. The highest BCUT2D eigenvalue weighted by atomic mass is 35.5. The number of nitrogens with one attached hydrogen (secondary N) is 2. The summed E-state index contributed by atoms with van der Waals surface area (Å²) in [7, 11) is -3.50. The highest BCUT2D eigenvalue weighted by Gasteiger charge is 2.29. The van der Waals surface area contributed by atoms with Crippen molar-refractivity contribution in [1.29, 1.82) is 0 Å². The molecule has 0 aromatic heterocycles. The van der Waals surface area contributed by atoms with Gasteiger partial charge in [-0.2, -0.15) is 0 Å². The molecule has 0 aliphatic heterocycles. The van der Waals surface area contributed by atoms with Crippen LogP contribution in [0.15, 0.2) is 59.5 Å². The minimum Gasteiger partial charge on any atom is -0.381 e. The fourth-order valence-electron chi connectivity index (χ4n) is 3.07. The van der Waals surface area contributed by atoms with Crippen molar-refractivity contribution in [2.45, 2.75) is 42.7 Å². The van der Waals surface area contributed by atoms with Crippen LogP contribution in [0.1, 0.15) is 25.7 Å². The normalized spacial score (nSPS) is 21.4. The van der Waals surface area contributed by atoms with Crippen LogP contribution >= 0.6 is 11.6 Å². The number of benzene rings is 2. The zero-order valence-corrected chi connectivity index (χ0v) is 14.9. The summed E-state index contributed by atoms with van der Waals surface area (Å²) in [5.41, 5.74) is 0.954. The first-order valence-corrected chi connectivity index (χ1v) is 10.0. The first-order valence-electron chi connectivity index (χ1n) is 8.14. The van der Waals surface area contributed by atoms with Crippen LogP contribution in [0.2, 0.25) is 5.02 Å².